The Morgan fingerprint density at radius 1 is 1.18 bits per heavy atom. The van der Waals surface area contributed by atoms with E-state index in [4.69, 9.17) is 28.9 Å². The summed E-state index contributed by atoms with van der Waals surface area (Å²) < 4.78 is -0.377. The Labute approximate surface area is 108 Å². The Morgan fingerprint density at radius 3 is 2.12 bits per heavy atom. The second kappa shape index (κ2) is 5.70. The Kier molecular flexibility index (Phi) is 4.54. The number of hydrogen-bond donors (Lipinski definition) is 2. The van der Waals surface area contributed by atoms with Crippen molar-refractivity contribution in [2.24, 2.45) is 5.73 Å². The fraction of sp³-hybridized carbons (Fsp3) is 0.0909. The summed E-state index contributed by atoms with van der Waals surface area (Å²) in [6.07, 6.45) is 0. The zero-order valence-corrected chi connectivity index (χ0v) is 10.5. The second-order valence-corrected chi connectivity index (χ2v) is 4.27. The second-order valence-electron chi connectivity index (χ2n) is 3.32. The maximum absolute atomic E-state index is 11.7. The van der Waals surface area contributed by atoms with Crippen LogP contribution in [0.3, 0.4) is 0 Å². The van der Waals surface area contributed by atoms with Crippen LogP contribution in [-0.2, 0) is 4.79 Å². The summed E-state index contributed by atoms with van der Waals surface area (Å²) in [7, 11) is 0. The average molecular weight is 273 g/mol. The molecule has 1 aromatic carbocycles. The molecule has 0 atom stereocenters. The van der Waals surface area contributed by atoms with Gasteiger partial charge in [-0.1, -0.05) is 40.9 Å². The molecule has 0 saturated heterocycles. The van der Waals surface area contributed by atoms with Gasteiger partial charge >= 0.3 is 0 Å². The minimum Gasteiger partial charge on any atom is -0.364 e. The molecule has 17 heavy (non-hydrogen) atoms. The van der Waals surface area contributed by atoms with Crippen LogP contribution in [-0.4, -0.2) is 11.8 Å². The topological polar surface area (TPSA) is 72.2 Å². The molecule has 1 rings (SSSR count). The first-order valence-corrected chi connectivity index (χ1v) is 5.40. The quantitative estimate of drug-likeness (QED) is 0.825. The van der Waals surface area contributed by atoms with Gasteiger partial charge < -0.3 is 11.1 Å². The molecule has 0 spiro atoms. The van der Waals surface area contributed by atoms with Crippen LogP contribution in [0, 0.1) is 6.92 Å². The molecule has 0 aliphatic carbocycles. The molecule has 0 radical (unpaired) electrons. The lowest BCUT2D eigenvalue weighted by atomic mass is 10.1. The average Bonchev–Trinajstić information content (AvgIpc) is 2.25. The van der Waals surface area contributed by atoms with Crippen LogP contribution in [0.1, 0.15) is 15.9 Å². The lowest BCUT2D eigenvalue weighted by molar-refractivity contribution is -0.114. The fourth-order valence-corrected chi connectivity index (χ4v) is 1.37. The molecular weight excluding hydrogens is 263 g/mol. The minimum atomic E-state index is -0.898. The van der Waals surface area contributed by atoms with Crippen LogP contribution in [0.15, 0.2) is 34.5 Å². The molecule has 1 aromatic rings. The number of halogens is 2. The zero-order valence-electron chi connectivity index (χ0n) is 8.96. The van der Waals surface area contributed by atoms with Crippen molar-refractivity contribution in [1.29, 1.82) is 0 Å². The van der Waals surface area contributed by atoms with E-state index in [9.17, 15) is 9.59 Å². The number of nitrogens with two attached hydrogens (primary N) is 1. The first kappa shape index (κ1) is 13.5. The Morgan fingerprint density at radius 2 is 1.71 bits per heavy atom. The summed E-state index contributed by atoms with van der Waals surface area (Å²) in [5, 5.41) is 2.25. The molecule has 0 aromatic heterocycles. The van der Waals surface area contributed by atoms with Gasteiger partial charge in [0.05, 0.1) is 0 Å². The number of primary amides is 1. The molecule has 4 nitrogen and oxygen atoms in total. The van der Waals surface area contributed by atoms with Crippen molar-refractivity contribution in [3.8, 4) is 0 Å². The van der Waals surface area contributed by atoms with E-state index in [0.717, 1.165) is 5.56 Å². The highest BCUT2D eigenvalue weighted by atomic mass is 35.5. The number of rotatable bonds is 3. The van der Waals surface area contributed by atoms with Gasteiger partial charge in [-0.05, 0) is 19.1 Å². The van der Waals surface area contributed by atoms with E-state index in [0.29, 0.717) is 5.56 Å². The molecule has 3 N–H and O–H groups in total. The molecule has 0 aliphatic heterocycles. The number of carbonyl (C=O) groups is 2. The Bertz CT molecular complexity index is 477. The third kappa shape index (κ3) is 3.76. The lowest BCUT2D eigenvalue weighted by Gasteiger charge is -2.06. The predicted molar refractivity (Wildman–Crippen MR) is 66.6 cm³/mol. The predicted octanol–water partition coefficient (Wildman–Crippen LogP) is 1.86. The molecule has 6 heteroatoms. The van der Waals surface area contributed by atoms with Gasteiger partial charge in [0.2, 0.25) is 0 Å². The highest BCUT2D eigenvalue weighted by molar-refractivity contribution is 6.57. The summed E-state index contributed by atoms with van der Waals surface area (Å²) >= 11 is 10.9. The SMILES string of the molecule is Cc1ccc(C(=O)NC(C(N)=O)=C(Cl)Cl)cc1. The van der Waals surface area contributed by atoms with Gasteiger partial charge in [0.25, 0.3) is 11.8 Å². The van der Waals surface area contributed by atoms with Crippen LogP contribution >= 0.6 is 23.2 Å². The first-order valence-electron chi connectivity index (χ1n) is 4.65. The highest BCUT2D eigenvalue weighted by Gasteiger charge is 2.14. The Hall–Kier alpha value is -1.52. The van der Waals surface area contributed by atoms with Gasteiger partial charge in [-0.2, -0.15) is 0 Å². The molecule has 90 valence electrons. The summed E-state index contributed by atoms with van der Waals surface area (Å²) in [4.78, 5) is 22.6. The van der Waals surface area contributed by atoms with Gasteiger partial charge in [0.1, 0.15) is 10.2 Å². The van der Waals surface area contributed by atoms with Crippen molar-refractivity contribution >= 4 is 35.0 Å². The first-order chi connectivity index (χ1) is 7.91. The summed E-state index contributed by atoms with van der Waals surface area (Å²) in [5.74, 6) is -1.40. The molecule has 0 heterocycles. The van der Waals surface area contributed by atoms with E-state index in [2.05, 4.69) is 5.32 Å². The molecule has 0 aliphatic rings. The molecule has 0 bridgehead atoms. The largest absolute Gasteiger partial charge is 0.364 e. The maximum Gasteiger partial charge on any atom is 0.267 e. The number of carbonyl (C=O) groups excluding carboxylic acids is 2. The zero-order chi connectivity index (χ0) is 13.0. The monoisotopic (exact) mass is 272 g/mol. The fourth-order valence-electron chi connectivity index (χ4n) is 1.09. The van der Waals surface area contributed by atoms with Gasteiger partial charge in [-0.15, -0.1) is 0 Å². The highest BCUT2D eigenvalue weighted by Crippen LogP contribution is 2.12. The number of nitrogens with one attached hydrogen (secondary N) is 1. The van der Waals surface area contributed by atoms with Crippen molar-refractivity contribution in [1.82, 2.24) is 5.32 Å². The maximum atomic E-state index is 11.7. The van der Waals surface area contributed by atoms with E-state index in [1.165, 1.54) is 0 Å². The van der Waals surface area contributed by atoms with Crippen LogP contribution in [0.4, 0.5) is 0 Å². The third-order valence-corrected chi connectivity index (χ3v) is 2.37. The number of hydrogen-bond acceptors (Lipinski definition) is 2. The van der Waals surface area contributed by atoms with Crippen LogP contribution in [0.5, 0.6) is 0 Å². The molecule has 0 saturated carbocycles. The lowest BCUT2D eigenvalue weighted by Crippen LogP contribution is -2.31. The van der Waals surface area contributed by atoms with E-state index in [1.807, 2.05) is 6.92 Å². The van der Waals surface area contributed by atoms with E-state index in [1.54, 1.807) is 24.3 Å². The normalized spacial score (nSPS) is 9.59. The van der Waals surface area contributed by atoms with Gasteiger partial charge in [-0.3, -0.25) is 9.59 Å². The van der Waals surface area contributed by atoms with Gasteiger partial charge in [-0.25, -0.2) is 0 Å². The van der Waals surface area contributed by atoms with Crippen molar-refractivity contribution < 1.29 is 9.59 Å². The molecule has 0 unspecified atom stereocenters. The minimum absolute atomic E-state index is 0.320. The molecule has 0 fully saturated rings. The number of benzene rings is 1. The van der Waals surface area contributed by atoms with E-state index in [-0.39, 0.29) is 10.2 Å². The number of amides is 2. The molecular formula is C11H10Cl2N2O2. The van der Waals surface area contributed by atoms with E-state index < -0.39 is 11.8 Å². The van der Waals surface area contributed by atoms with Crippen molar-refractivity contribution in [2.45, 2.75) is 6.92 Å². The third-order valence-electron chi connectivity index (χ3n) is 1.99. The Balaban J connectivity index is 2.89. The van der Waals surface area contributed by atoms with Crippen LogP contribution < -0.4 is 11.1 Å². The number of aryl methyl sites for hydroxylation is 1. The summed E-state index contributed by atoms with van der Waals surface area (Å²) in [6, 6.07) is 6.77. The summed E-state index contributed by atoms with van der Waals surface area (Å²) in [6.45, 7) is 1.89. The molecule has 2 amide bonds. The van der Waals surface area contributed by atoms with Crippen molar-refractivity contribution in [3.63, 3.8) is 0 Å². The van der Waals surface area contributed by atoms with Gasteiger partial charge in [0.15, 0.2) is 0 Å². The van der Waals surface area contributed by atoms with Gasteiger partial charge in [0, 0.05) is 5.56 Å². The van der Waals surface area contributed by atoms with Crippen LogP contribution in [0.25, 0.3) is 0 Å². The standard InChI is InChI=1S/C11H10Cl2N2O2/c1-6-2-4-7(5-3-6)11(17)15-8(9(12)13)10(14)16/h2-5H,1H3,(H2,14,16)(H,15,17). The smallest absolute Gasteiger partial charge is 0.267 e. The van der Waals surface area contributed by atoms with Crippen LogP contribution in [0.2, 0.25) is 0 Å². The van der Waals surface area contributed by atoms with Crippen molar-refractivity contribution in [2.75, 3.05) is 0 Å². The summed E-state index contributed by atoms with van der Waals surface area (Å²) in [5.41, 5.74) is 6.08. The van der Waals surface area contributed by atoms with E-state index >= 15 is 0 Å². The van der Waals surface area contributed by atoms with Crippen molar-refractivity contribution in [3.05, 3.63) is 45.6 Å².